The van der Waals surface area contributed by atoms with Gasteiger partial charge in [0.05, 0.1) is 14.2 Å². The zero-order chi connectivity index (χ0) is 21.9. The van der Waals surface area contributed by atoms with E-state index < -0.39 is 5.97 Å². The van der Waals surface area contributed by atoms with Gasteiger partial charge in [0.1, 0.15) is 0 Å². The molecule has 1 aliphatic heterocycles. The fourth-order valence-electron chi connectivity index (χ4n) is 1.85. The number of methoxy groups -OCH3 is 2. The first-order valence-corrected chi connectivity index (χ1v) is 7.33. The van der Waals surface area contributed by atoms with Crippen LogP contribution in [0, 0.1) is 20.0 Å². The number of carbonyl (C=O) groups excluding carboxylic acids is 1. The third kappa shape index (κ3) is 10.7. The smallest absolute Gasteiger partial charge is 0 e. The number of benzene rings is 1. The Morgan fingerprint density at radius 3 is 2.10 bits per heavy atom. The van der Waals surface area contributed by atoms with E-state index in [0.29, 0.717) is 11.5 Å². The Kier molecular flexibility index (Phi) is 20.8. The fourth-order valence-corrected chi connectivity index (χ4v) is 1.85. The minimum Gasteiger partial charge on any atom is 0 e. The van der Waals surface area contributed by atoms with Crippen molar-refractivity contribution in [3.05, 3.63) is 73.7 Å². The van der Waals surface area contributed by atoms with Crippen molar-refractivity contribution in [2.24, 2.45) is 4.99 Å². The first kappa shape index (κ1) is 30.6. The van der Waals surface area contributed by atoms with Crippen molar-refractivity contribution in [3.63, 3.8) is 0 Å². The van der Waals surface area contributed by atoms with Crippen LogP contribution in [-0.4, -0.2) is 26.1 Å². The summed E-state index contributed by atoms with van der Waals surface area (Å²) < 4.78 is 38.0. The molecule has 152 valence electrons. The topological polar surface area (TPSA) is 117 Å². The Hall–Kier alpha value is -3.08. The molecule has 0 N–H and O–H groups in total. The normalized spacial score (nSPS) is 12.7. The number of ether oxygens (including phenoxy) is 3. The molecule has 0 amide bonds. The minimum atomic E-state index is -0.477. The molecule has 0 atom stereocenters. The monoisotopic (exact) mass is 439 g/mol. The maximum atomic E-state index is 11.8. The second-order valence-electron chi connectivity index (χ2n) is 4.37. The maximum absolute atomic E-state index is 11.8. The van der Waals surface area contributed by atoms with Gasteiger partial charge in [0.25, 0.3) is 0 Å². The van der Waals surface area contributed by atoms with Crippen molar-refractivity contribution >= 4 is 17.9 Å². The summed E-state index contributed by atoms with van der Waals surface area (Å²) in [5.41, 5.74) is 1.01. The molecule has 0 bridgehead atoms. The van der Waals surface area contributed by atoms with E-state index in [4.69, 9.17) is 28.2 Å². The van der Waals surface area contributed by atoms with Crippen molar-refractivity contribution < 1.29 is 50.0 Å². The zero-order valence-corrected chi connectivity index (χ0v) is 16.9. The number of hydrogen-bond acceptors (Lipinski definition) is 5. The van der Waals surface area contributed by atoms with Crippen molar-refractivity contribution in [2.45, 2.75) is 6.92 Å². The molecule has 0 unspecified atom stereocenters. The molecular formula is C20H17FeNO7. The van der Waals surface area contributed by atoms with E-state index in [0.717, 1.165) is 5.56 Å². The second-order valence-corrected chi connectivity index (χ2v) is 4.37. The molecule has 0 aromatic heterocycles. The van der Waals surface area contributed by atoms with E-state index in [1.807, 2.05) is 25.1 Å². The van der Waals surface area contributed by atoms with Crippen LogP contribution in [0.5, 0.6) is 11.5 Å². The van der Waals surface area contributed by atoms with Gasteiger partial charge in [0.2, 0.25) is 5.90 Å². The van der Waals surface area contributed by atoms with Gasteiger partial charge in [-0.15, -0.1) is 0 Å². The van der Waals surface area contributed by atoms with Crippen LogP contribution in [0.25, 0.3) is 6.08 Å². The largest absolute Gasteiger partial charge is 0 e. The first-order valence-electron chi connectivity index (χ1n) is 7.33. The van der Waals surface area contributed by atoms with Gasteiger partial charge in [-0.05, 0) is 30.7 Å². The van der Waals surface area contributed by atoms with E-state index >= 15 is 0 Å². The molecule has 1 heterocycles. The molecular weight excluding hydrogens is 422 g/mol. The molecule has 0 spiro atoms. The number of allylic oxidation sites excluding steroid dienone is 3. The quantitative estimate of drug-likeness (QED) is 0.175. The molecule has 8 nitrogen and oxygen atoms in total. The maximum Gasteiger partial charge on any atom is 0 e. The Labute approximate surface area is 179 Å². The van der Waals surface area contributed by atoms with E-state index in [-0.39, 0.29) is 28.7 Å². The number of cyclic esters (lactones) is 1. The van der Waals surface area contributed by atoms with E-state index in [1.54, 1.807) is 44.6 Å². The fraction of sp³-hybridized carbons (Fsp3) is 0.150. The minimum absolute atomic E-state index is 0. The summed E-state index contributed by atoms with van der Waals surface area (Å²) in [4.78, 5) is 15.9. The zero-order valence-electron chi connectivity index (χ0n) is 15.8. The Morgan fingerprint density at radius 1 is 1.00 bits per heavy atom. The number of rotatable bonds is 5. The van der Waals surface area contributed by atoms with E-state index in [1.165, 1.54) is 0 Å². The van der Waals surface area contributed by atoms with E-state index in [9.17, 15) is 4.79 Å². The number of esters is 1. The SMILES string of the molecule is C/C=C/C=C/C1=NC(=C\c2ccc(OC)c(OC)c2)/C(=O)O1.[C-]#[O+].[C-]#[O+].[C-]#[O+].[Fe]. The van der Waals surface area contributed by atoms with Gasteiger partial charge in [-0.3, -0.25) is 0 Å². The van der Waals surface area contributed by atoms with Gasteiger partial charge in [-0.1, -0.05) is 24.3 Å². The van der Waals surface area contributed by atoms with Gasteiger partial charge < -0.3 is 14.2 Å². The molecule has 1 aromatic carbocycles. The van der Waals surface area contributed by atoms with E-state index in [2.05, 4.69) is 24.9 Å². The summed E-state index contributed by atoms with van der Waals surface area (Å²) in [6.45, 7) is 15.4. The summed E-state index contributed by atoms with van der Waals surface area (Å²) in [5.74, 6) is 1.00. The molecule has 0 saturated heterocycles. The van der Waals surface area contributed by atoms with Gasteiger partial charge >= 0.3 is 39.9 Å². The summed E-state index contributed by atoms with van der Waals surface area (Å²) in [6.07, 6.45) is 8.72. The molecule has 1 aromatic rings. The van der Waals surface area contributed by atoms with Crippen molar-refractivity contribution in [3.8, 4) is 11.5 Å². The molecule has 0 aliphatic carbocycles. The van der Waals surface area contributed by atoms with Gasteiger partial charge in [-0.25, -0.2) is 9.79 Å². The van der Waals surface area contributed by atoms with Crippen molar-refractivity contribution in [1.29, 1.82) is 0 Å². The standard InChI is InChI=1S/C17H17NO4.3CO.Fe/c1-4-5-6-7-16-18-13(17(19)22-16)10-12-8-9-14(20-2)15(11-12)21-3;3*1-2;/h4-11H,1-3H3;;;;/b5-4+,7-6+,13-10-;;;;. The Bertz CT molecular complexity index is 804. The molecule has 29 heavy (non-hydrogen) atoms. The third-order valence-electron chi connectivity index (χ3n) is 2.89. The van der Waals surface area contributed by atoms with Crippen LogP contribution in [0.2, 0.25) is 0 Å². The number of aliphatic imine (C=N–C) groups is 1. The predicted molar refractivity (Wildman–Crippen MR) is 96.8 cm³/mol. The first-order chi connectivity index (χ1) is 13.7. The van der Waals surface area contributed by atoms with Crippen LogP contribution in [0.4, 0.5) is 0 Å². The van der Waals surface area contributed by atoms with Crippen molar-refractivity contribution in [1.82, 2.24) is 0 Å². The van der Waals surface area contributed by atoms with Crippen LogP contribution < -0.4 is 9.47 Å². The summed E-state index contributed by atoms with van der Waals surface area (Å²) in [6, 6.07) is 5.34. The molecule has 1 aliphatic rings. The Morgan fingerprint density at radius 2 is 1.59 bits per heavy atom. The predicted octanol–water partition coefficient (Wildman–Crippen LogP) is 3.02. The number of hydrogen-bond donors (Lipinski definition) is 0. The number of nitrogens with zero attached hydrogens (tertiary/aromatic N) is 1. The molecule has 0 saturated carbocycles. The number of carbonyl (C=O) groups is 1. The van der Waals surface area contributed by atoms with Crippen LogP contribution in [0.1, 0.15) is 12.5 Å². The van der Waals surface area contributed by atoms with Crippen LogP contribution >= 0.6 is 0 Å². The average molecular weight is 439 g/mol. The van der Waals surface area contributed by atoms with Gasteiger partial charge in [0.15, 0.2) is 17.2 Å². The summed E-state index contributed by atoms with van der Waals surface area (Å²) >= 11 is 0. The average Bonchev–Trinajstić information content (AvgIpc) is 3.11. The second kappa shape index (κ2) is 19.7. The summed E-state index contributed by atoms with van der Waals surface area (Å²) in [7, 11) is 3.12. The van der Waals surface area contributed by atoms with Crippen LogP contribution in [0.3, 0.4) is 0 Å². The summed E-state index contributed by atoms with van der Waals surface area (Å²) in [5, 5.41) is 0. The van der Waals surface area contributed by atoms with Gasteiger partial charge in [-0.2, -0.15) is 0 Å². The van der Waals surface area contributed by atoms with Crippen molar-refractivity contribution in [2.75, 3.05) is 14.2 Å². The molecule has 0 fully saturated rings. The van der Waals surface area contributed by atoms with Crippen LogP contribution in [0.15, 0.2) is 53.2 Å². The molecule has 9 heteroatoms. The van der Waals surface area contributed by atoms with Crippen LogP contribution in [-0.2, 0) is 40.6 Å². The third-order valence-corrected chi connectivity index (χ3v) is 2.89. The Balaban J connectivity index is -0.000000883. The molecule has 0 radical (unpaired) electrons. The molecule has 2 rings (SSSR count). The van der Waals surface area contributed by atoms with Gasteiger partial charge in [0, 0.05) is 23.1 Å².